The van der Waals surface area contributed by atoms with E-state index in [9.17, 15) is 13.6 Å². The van der Waals surface area contributed by atoms with Crippen molar-refractivity contribution in [3.05, 3.63) is 34.9 Å². The second-order valence-electron chi connectivity index (χ2n) is 9.81. The number of ether oxygens (including phenoxy) is 3. The minimum Gasteiger partial charge on any atom is -0.478 e. The third kappa shape index (κ3) is 3.28. The number of aromatic carboxylic acids is 1. The van der Waals surface area contributed by atoms with Crippen LogP contribution < -0.4 is 0 Å². The van der Waals surface area contributed by atoms with Crippen molar-refractivity contribution >= 4 is 5.97 Å². The van der Waals surface area contributed by atoms with Crippen LogP contribution in [0.25, 0.3) is 0 Å². The molecule has 1 aromatic rings. The van der Waals surface area contributed by atoms with Crippen LogP contribution >= 0.6 is 0 Å². The predicted octanol–water partition coefficient (Wildman–Crippen LogP) is 4.39. The van der Waals surface area contributed by atoms with Crippen LogP contribution in [-0.4, -0.2) is 35.0 Å². The van der Waals surface area contributed by atoms with E-state index in [1.807, 2.05) is 13.8 Å². The molecule has 2 bridgehead atoms. The lowest BCUT2D eigenvalue weighted by molar-refractivity contribution is -0.577. The van der Waals surface area contributed by atoms with Crippen LogP contribution in [0.15, 0.2) is 12.1 Å². The molecule has 4 heterocycles. The van der Waals surface area contributed by atoms with Gasteiger partial charge in [-0.1, -0.05) is 13.8 Å². The quantitative estimate of drug-likeness (QED) is 0.676. The van der Waals surface area contributed by atoms with Gasteiger partial charge in [-0.15, -0.1) is 0 Å². The average Bonchev–Trinajstić information content (AvgIpc) is 2.96. The van der Waals surface area contributed by atoms with Gasteiger partial charge in [-0.05, 0) is 50.2 Å². The van der Waals surface area contributed by atoms with E-state index in [0.717, 1.165) is 31.4 Å². The first-order chi connectivity index (χ1) is 15.1. The van der Waals surface area contributed by atoms with Gasteiger partial charge in [0, 0.05) is 23.8 Å². The van der Waals surface area contributed by atoms with E-state index >= 15 is 0 Å². The Hall–Kier alpha value is -1.65. The molecule has 9 heteroatoms. The van der Waals surface area contributed by atoms with Gasteiger partial charge in [0.15, 0.2) is 18.2 Å². The molecule has 0 radical (unpaired) electrons. The van der Waals surface area contributed by atoms with Crippen LogP contribution in [0.4, 0.5) is 8.78 Å². The lowest BCUT2D eigenvalue weighted by Crippen LogP contribution is -2.70. The molecule has 32 heavy (non-hydrogen) atoms. The Morgan fingerprint density at radius 3 is 2.56 bits per heavy atom. The molecule has 1 saturated carbocycles. The van der Waals surface area contributed by atoms with Crippen molar-refractivity contribution in [1.82, 2.24) is 0 Å². The first-order valence-corrected chi connectivity index (χ1v) is 11.2. The maximum Gasteiger partial charge on any atom is 0.335 e. The molecule has 5 aliphatic rings. The number of benzene rings is 1. The molecule has 0 amide bonds. The first kappa shape index (κ1) is 22.2. The molecule has 4 saturated heterocycles. The number of carboxylic acid groups (broad SMARTS) is 1. The lowest BCUT2D eigenvalue weighted by Gasteiger charge is -2.60. The fraction of sp³-hybridized carbons (Fsp3) is 0.696. The highest BCUT2D eigenvalue weighted by molar-refractivity contribution is 5.87. The molecule has 0 aromatic heterocycles. The van der Waals surface area contributed by atoms with Gasteiger partial charge in [-0.3, -0.25) is 0 Å². The van der Waals surface area contributed by atoms with E-state index in [4.69, 9.17) is 29.1 Å². The molecule has 1 aliphatic carbocycles. The molecular weight excluding hydrogens is 426 g/mol. The zero-order chi connectivity index (χ0) is 22.8. The highest BCUT2D eigenvalue weighted by Crippen LogP contribution is 2.60. The van der Waals surface area contributed by atoms with Crippen molar-refractivity contribution in [2.24, 2.45) is 23.7 Å². The van der Waals surface area contributed by atoms with Crippen LogP contribution in [0.3, 0.4) is 0 Å². The van der Waals surface area contributed by atoms with Crippen LogP contribution in [0.2, 0.25) is 0 Å². The van der Waals surface area contributed by atoms with Crippen LogP contribution in [0, 0.1) is 35.3 Å². The Labute approximate surface area is 184 Å². The van der Waals surface area contributed by atoms with E-state index in [2.05, 4.69) is 6.92 Å². The zero-order valence-corrected chi connectivity index (χ0v) is 18.3. The summed E-state index contributed by atoms with van der Waals surface area (Å²) in [5.74, 6) is -3.75. The molecule has 176 valence electrons. The summed E-state index contributed by atoms with van der Waals surface area (Å²) in [7, 11) is 0. The summed E-state index contributed by atoms with van der Waals surface area (Å²) in [4.78, 5) is 22.8. The minimum atomic E-state index is -1.40. The SMILES string of the molecule is C[C@H]1[C@H](OCc2c(F)cc(C(=O)O)cc2F)O[C@@H]2O[C@@]3(C)CC[C@H]4[C@H](C)CC[C@@H]1[C@@]24OO3. The van der Waals surface area contributed by atoms with Gasteiger partial charge in [0.25, 0.3) is 0 Å². The Morgan fingerprint density at radius 2 is 1.88 bits per heavy atom. The third-order valence-corrected chi connectivity index (χ3v) is 7.88. The molecule has 1 spiro atoms. The molecule has 4 aliphatic heterocycles. The van der Waals surface area contributed by atoms with Gasteiger partial charge in [-0.2, -0.15) is 0 Å². The second kappa shape index (κ2) is 7.70. The van der Waals surface area contributed by atoms with E-state index in [1.54, 1.807) is 0 Å². The molecule has 7 nitrogen and oxygen atoms in total. The van der Waals surface area contributed by atoms with Gasteiger partial charge >= 0.3 is 5.97 Å². The summed E-state index contributed by atoms with van der Waals surface area (Å²) in [6.45, 7) is 5.63. The van der Waals surface area contributed by atoms with Gasteiger partial charge in [0.05, 0.1) is 12.2 Å². The summed E-state index contributed by atoms with van der Waals surface area (Å²) in [5.41, 5.74) is -1.54. The molecule has 0 unspecified atom stereocenters. The van der Waals surface area contributed by atoms with Crippen molar-refractivity contribution in [1.29, 1.82) is 0 Å². The molecule has 1 aromatic carbocycles. The van der Waals surface area contributed by atoms with Crippen molar-refractivity contribution in [2.75, 3.05) is 0 Å². The number of carboxylic acids is 1. The standard InChI is InChI=1S/C23H28F2O7/c1-11-4-5-16-12(2)20(28-10-14-17(24)8-13(19(26)27)9-18(14)25)29-21-23(16)15(11)6-7-22(3,30-21)31-32-23/h8-9,11-12,15-16,20-21H,4-7,10H2,1-3H3,(H,26,27)/t11-,12-,15+,16+,20-,21-,22-,23-/m1/s1. The van der Waals surface area contributed by atoms with Crippen molar-refractivity contribution in [3.63, 3.8) is 0 Å². The summed E-state index contributed by atoms with van der Waals surface area (Å²) in [6.07, 6.45) is 2.00. The largest absolute Gasteiger partial charge is 0.478 e. The van der Waals surface area contributed by atoms with E-state index < -0.39 is 53.7 Å². The second-order valence-corrected chi connectivity index (χ2v) is 9.81. The summed E-state index contributed by atoms with van der Waals surface area (Å²) in [6, 6.07) is 1.58. The van der Waals surface area contributed by atoms with Crippen LogP contribution in [0.1, 0.15) is 62.4 Å². The summed E-state index contributed by atoms with van der Waals surface area (Å²) >= 11 is 0. The third-order valence-electron chi connectivity index (χ3n) is 7.88. The Kier molecular flexibility index (Phi) is 5.33. The normalized spacial score (nSPS) is 42.9. The molecule has 5 fully saturated rings. The maximum atomic E-state index is 14.4. The maximum absolute atomic E-state index is 14.4. The molecule has 8 atom stereocenters. The summed E-state index contributed by atoms with van der Waals surface area (Å²) < 4.78 is 47.1. The smallest absolute Gasteiger partial charge is 0.335 e. The highest BCUT2D eigenvalue weighted by atomic mass is 19.1. The van der Waals surface area contributed by atoms with Gasteiger partial charge in [-0.25, -0.2) is 23.4 Å². The number of rotatable bonds is 4. The fourth-order valence-electron chi connectivity index (χ4n) is 6.09. The Morgan fingerprint density at radius 1 is 1.16 bits per heavy atom. The van der Waals surface area contributed by atoms with Gasteiger partial charge in [0.2, 0.25) is 5.79 Å². The fourth-order valence-corrected chi connectivity index (χ4v) is 6.09. The van der Waals surface area contributed by atoms with E-state index in [1.165, 1.54) is 0 Å². The Balaban J connectivity index is 1.40. The van der Waals surface area contributed by atoms with E-state index in [0.29, 0.717) is 12.3 Å². The van der Waals surface area contributed by atoms with Crippen LogP contribution in [-0.2, 0) is 30.6 Å². The summed E-state index contributed by atoms with van der Waals surface area (Å²) in [5, 5.41) is 8.98. The van der Waals surface area contributed by atoms with E-state index in [-0.39, 0.29) is 23.3 Å². The topological polar surface area (TPSA) is 83.5 Å². The van der Waals surface area contributed by atoms with Crippen molar-refractivity contribution in [3.8, 4) is 0 Å². The number of carbonyl (C=O) groups is 1. The predicted molar refractivity (Wildman–Crippen MR) is 105 cm³/mol. The molecule has 6 rings (SSSR count). The first-order valence-electron chi connectivity index (χ1n) is 11.2. The van der Waals surface area contributed by atoms with Crippen molar-refractivity contribution < 1.29 is 42.7 Å². The lowest BCUT2D eigenvalue weighted by atomic mass is 9.58. The van der Waals surface area contributed by atoms with Crippen molar-refractivity contribution in [2.45, 2.75) is 77.0 Å². The molecular formula is C23H28F2O7. The monoisotopic (exact) mass is 454 g/mol. The number of halogens is 2. The average molecular weight is 454 g/mol. The zero-order valence-electron chi connectivity index (χ0n) is 18.3. The Bertz CT molecular complexity index is 903. The number of hydrogen-bond donors (Lipinski definition) is 1. The number of hydrogen-bond acceptors (Lipinski definition) is 6. The van der Waals surface area contributed by atoms with Gasteiger partial charge in [0.1, 0.15) is 11.6 Å². The van der Waals surface area contributed by atoms with Gasteiger partial charge < -0.3 is 19.3 Å². The minimum absolute atomic E-state index is 0.0270. The molecule has 1 N–H and O–H groups in total. The highest BCUT2D eigenvalue weighted by Gasteiger charge is 2.69. The number of fused-ring (bicyclic) bond motifs is 2. The van der Waals surface area contributed by atoms with Crippen LogP contribution in [0.5, 0.6) is 0 Å².